The highest BCUT2D eigenvalue weighted by Crippen LogP contribution is 2.01. The molecule has 1 N–H and O–H groups in total. The van der Waals surface area contributed by atoms with Gasteiger partial charge in [-0.15, -0.1) is 0 Å². The molecular formula is C12H17FN2O. The second-order valence-corrected chi connectivity index (χ2v) is 3.66. The van der Waals surface area contributed by atoms with Crippen LogP contribution in [0.4, 0.5) is 4.39 Å². The maximum Gasteiger partial charge on any atom is 0.251 e. The maximum atomic E-state index is 12.6. The number of hydrogen-bond acceptors (Lipinski definition) is 2. The third kappa shape index (κ3) is 3.98. The van der Waals surface area contributed by atoms with Crippen LogP contribution in [-0.4, -0.2) is 37.5 Å². The van der Waals surface area contributed by atoms with E-state index in [1.807, 2.05) is 7.05 Å². The fourth-order valence-electron chi connectivity index (χ4n) is 1.22. The molecule has 0 radical (unpaired) electrons. The lowest BCUT2D eigenvalue weighted by Gasteiger charge is -2.13. The minimum Gasteiger partial charge on any atom is -0.351 e. The summed E-state index contributed by atoms with van der Waals surface area (Å²) in [5, 5.41) is 2.78. The molecule has 0 unspecified atom stereocenters. The van der Waals surface area contributed by atoms with Crippen molar-refractivity contribution in [3.63, 3.8) is 0 Å². The zero-order valence-corrected chi connectivity index (χ0v) is 9.66. The van der Waals surface area contributed by atoms with Gasteiger partial charge in [0.25, 0.3) is 5.91 Å². The lowest BCUT2D eigenvalue weighted by molar-refractivity contribution is 0.0950. The summed E-state index contributed by atoms with van der Waals surface area (Å²) in [5.41, 5.74) is 0.487. The molecule has 0 bridgehead atoms. The third-order valence-electron chi connectivity index (χ3n) is 2.43. The normalized spacial score (nSPS) is 10.5. The quantitative estimate of drug-likeness (QED) is 0.822. The molecule has 0 saturated carbocycles. The Balaban J connectivity index is 2.38. The molecule has 1 aromatic rings. The van der Waals surface area contributed by atoms with E-state index in [9.17, 15) is 9.18 Å². The molecule has 4 heteroatoms. The van der Waals surface area contributed by atoms with Crippen molar-refractivity contribution < 1.29 is 9.18 Å². The Kier molecular flexibility index (Phi) is 4.92. The Bertz CT molecular complexity index is 337. The van der Waals surface area contributed by atoms with Crippen molar-refractivity contribution in [1.29, 1.82) is 0 Å². The van der Waals surface area contributed by atoms with Gasteiger partial charge in [-0.1, -0.05) is 6.92 Å². The highest BCUT2D eigenvalue weighted by molar-refractivity contribution is 5.94. The van der Waals surface area contributed by atoms with E-state index in [1.165, 1.54) is 24.3 Å². The van der Waals surface area contributed by atoms with Gasteiger partial charge in [-0.25, -0.2) is 4.39 Å². The van der Waals surface area contributed by atoms with Crippen LogP contribution in [0.2, 0.25) is 0 Å². The number of rotatable bonds is 5. The SMILES string of the molecule is CCN(C)CCNC(=O)c1ccc(F)cc1. The highest BCUT2D eigenvalue weighted by Gasteiger charge is 2.04. The number of nitrogens with zero attached hydrogens (tertiary/aromatic N) is 1. The second kappa shape index (κ2) is 6.23. The molecule has 0 saturated heterocycles. The van der Waals surface area contributed by atoms with Crippen LogP contribution >= 0.6 is 0 Å². The van der Waals surface area contributed by atoms with Gasteiger partial charge in [-0.3, -0.25) is 4.79 Å². The Morgan fingerprint density at radius 3 is 2.56 bits per heavy atom. The minimum atomic E-state index is -0.331. The third-order valence-corrected chi connectivity index (χ3v) is 2.43. The first-order valence-electron chi connectivity index (χ1n) is 5.35. The van der Waals surface area contributed by atoms with Crippen molar-refractivity contribution in [2.24, 2.45) is 0 Å². The van der Waals surface area contributed by atoms with Crippen LogP contribution in [0.5, 0.6) is 0 Å². The maximum absolute atomic E-state index is 12.6. The summed E-state index contributed by atoms with van der Waals surface area (Å²) in [4.78, 5) is 13.7. The summed E-state index contributed by atoms with van der Waals surface area (Å²) in [6.45, 7) is 4.41. The zero-order chi connectivity index (χ0) is 12.0. The number of benzene rings is 1. The van der Waals surface area contributed by atoms with Gasteiger partial charge < -0.3 is 10.2 Å². The first-order chi connectivity index (χ1) is 7.63. The van der Waals surface area contributed by atoms with Gasteiger partial charge >= 0.3 is 0 Å². The summed E-state index contributed by atoms with van der Waals surface area (Å²) in [6.07, 6.45) is 0. The van der Waals surface area contributed by atoms with Crippen LogP contribution in [0.3, 0.4) is 0 Å². The lowest BCUT2D eigenvalue weighted by atomic mass is 10.2. The van der Waals surface area contributed by atoms with Crippen molar-refractivity contribution in [1.82, 2.24) is 10.2 Å². The monoisotopic (exact) mass is 224 g/mol. The first kappa shape index (κ1) is 12.6. The topological polar surface area (TPSA) is 32.3 Å². The summed E-state index contributed by atoms with van der Waals surface area (Å²) in [6, 6.07) is 5.53. The highest BCUT2D eigenvalue weighted by atomic mass is 19.1. The summed E-state index contributed by atoms with van der Waals surface area (Å²) in [7, 11) is 1.99. The summed E-state index contributed by atoms with van der Waals surface area (Å²) in [5.74, 6) is -0.494. The molecule has 0 fully saturated rings. The number of halogens is 1. The fourth-order valence-corrected chi connectivity index (χ4v) is 1.22. The van der Waals surface area contributed by atoms with E-state index < -0.39 is 0 Å². The van der Waals surface area contributed by atoms with E-state index in [0.717, 1.165) is 13.1 Å². The van der Waals surface area contributed by atoms with Crippen LogP contribution in [0.15, 0.2) is 24.3 Å². The van der Waals surface area contributed by atoms with Crippen LogP contribution in [0.25, 0.3) is 0 Å². The van der Waals surface area contributed by atoms with E-state index in [2.05, 4.69) is 17.1 Å². The Hall–Kier alpha value is -1.42. The number of hydrogen-bond donors (Lipinski definition) is 1. The van der Waals surface area contributed by atoms with Crippen molar-refractivity contribution in [2.45, 2.75) is 6.92 Å². The van der Waals surface area contributed by atoms with Gasteiger partial charge in [0.1, 0.15) is 5.82 Å². The van der Waals surface area contributed by atoms with Crippen LogP contribution in [0, 0.1) is 5.82 Å². The molecule has 0 atom stereocenters. The van der Waals surface area contributed by atoms with E-state index in [1.54, 1.807) is 0 Å². The van der Waals surface area contributed by atoms with Gasteiger partial charge in [0.15, 0.2) is 0 Å². The average Bonchev–Trinajstić information content (AvgIpc) is 2.29. The number of likely N-dealkylation sites (N-methyl/N-ethyl adjacent to an activating group) is 1. The van der Waals surface area contributed by atoms with Crippen LogP contribution < -0.4 is 5.32 Å². The van der Waals surface area contributed by atoms with Gasteiger partial charge in [0, 0.05) is 18.7 Å². The van der Waals surface area contributed by atoms with Crippen LogP contribution in [-0.2, 0) is 0 Å². The fraction of sp³-hybridized carbons (Fsp3) is 0.417. The number of amides is 1. The molecule has 0 heterocycles. The second-order valence-electron chi connectivity index (χ2n) is 3.66. The van der Waals surface area contributed by atoms with Gasteiger partial charge in [-0.05, 0) is 37.9 Å². The molecule has 0 aliphatic heterocycles. The predicted molar refractivity (Wildman–Crippen MR) is 61.9 cm³/mol. The Labute approximate surface area is 95.3 Å². The van der Waals surface area contributed by atoms with Crippen molar-refractivity contribution in [2.75, 3.05) is 26.7 Å². The molecule has 1 rings (SSSR count). The minimum absolute atomic E-state index is 0.162. The molecule has 3 nitrogen and oxygen atoms in total. The number of carbonyl (C=O) groups is 1. The van der Waals surface area contributed by atoms with Crippen molar-refractivity contribution in [3.8, 4) is 0 Å². The van der Waals surface area contributed by atoms with Gasteiger partial charge in [0.2, 0.25) is 0 Å². The first-order valence-corrected chi connectivity index (χ1v) is 5.35. The van der Waals surface area contributed by atoms with E-state index in [4.69, 9.17) is 0 Å². The molecule has 0 aromatic heterocycles. The van der Waals surface area contributed by atoms with Crippen molar-refractivity contribution >= 4 is 5.91 Å². The molecule has 16 heavy (non-hydrogen) atoms. The molecule has 0 aliphatic rings. The van der Waals surface area contributed by atoms with Crippen molar-refractivity contribution in [3.05, 3.63) is 35.6 Å². The largest absolute Gasteiger partial charge is 0.351 e. The summed E-state index contributed by atoms with van der Waals surface area (Å²) < 4.78 is 12.6. The lowest BCUT2D eigenvalue weighted by Crippen LogP contribution is -2.32. The molecule has 88 valence electrons. The zero-order valence-electron chi connectivity index (χ0n) is 9.66. The van der Waals surface area contributed by atoms with E-state index in [-0.39, 0.29) is 11.7 Å². The molecule has 1 amide bonds. The Morgan fingerprint density at radius 1 is 1.38 bits per heavy atom. The number of nitrogens with one attached hydrogen (secondary N) is 1. The average molecular weight is 224 g/mol. The standard InChI is InChI=1S/C12H17FN2O/c1-3-15(2)9-8-14-12(16)10-4-6-11(13)7-5-10/h4-7H,3,8-9H2,1-2H3,(H,14,16). The number of carbonyl (C=O) groups excluding carboxylic acids is 1. The molecule has 0 aliphatic carbocycles. The predicted octanol–water partition coefficient (Wildman–Crippen LogP) is 1.51. The molecule has 0 spiro atoms. The smallest absolute Gasteiger partial charge is 0.251 e. The van der Waals surface area contributed by atoms with Gasteiger partial charge in [-0.2, -0.15) is 0 Å². The molecular weight excluding hydrogens is 207 g/mol. The molecule has 1 aromatic carbocycles. The van der Waals surface area contributed by atoms with Crippen LogP contribution in [0.1, 0.15) is 17.3 Å². The van der Waals surface area contributed by atoms with E-state index in [0.29, 0.717) is 12.1 Å². The summed E-state index contributed by atoms with van der Waals surface area (Å²) >= 11 is 0. The van der Waals surface area contributed by atoms with Gasteiger partial charge in [0.05, 0.1) is 0 Å². The van der Waals surface area contributed by atoms with E-state index >= 15 is 0 Å². The Morgan fingerprint density at radius 2 is 2.00 bits per heavy atom.